The number of aliphatic imine (C=N–C) groups is 1. The standard InChI is InChI=1S/C31H38NP/c1-23(2)27-19-14-20-28(24(3)4)31(27)32-29-21-12-7-13-22-30(29)33(25-15-8-5-9-16-25)26-17-10-6-11-18-26/h5-6,8-11,14-20,23-24,30H,7,12-13,21-22H2,1-4H3. The quantitative estimate of drug-likeness (QED) is 0.261. The van der Waals surface area contributed by atoms with Gasteiger partial charge in [-0.05, 0) is 60.8 Å². The summed E-state index contributed by atoms with van der Waals surface area (Å²) in [4.78, 5) is 5.61. The van der Waals surface area contributed by atoms with Gasteiger partial charge in [0.2, 0.25) is 0 Å². The Kier molecular flexibility index (Phi) is 8.15. The predicted molar refractivity (Wildman–Crippen MR) is 148 cm³/mol. The van der Waals surface area contributed by atoms with Crippen LogP contribution in [0.1, 0.15) is 82.8 Å². The van der Waals surface area contributed by atoms with Crippen LogP contribution in [0.5, 0.6) is 0 Å². The first-order valence-electron chi connectivity index (χ1n) is 12.7. The molecule has 0 aromatic heterocycles. The van der Waals surface area contributed by atoms with E-state index in [0.29, 0.717) is 17.5 Å². The predicted octanol–water partition coefficient (Wildman–Crippen LogP) is 8.47. The number of benzene rings is 3. The van der Waals surface area contributed by atoms with Crippen molar-refractivity contribution in [1.82, 2.24) is 0 Å². The van der Waals surface area contributed by atoms with Gasteiger partial charge in [0.15, 0.2) is 0 Å². The van der Waals surface area contributed by atoms with Crippen molar-refractivity contribution in [1.29, 1.82) is 0 Å². The van der Waals surface area contributed by atoms with Crippen molar-refractivity contribution in [2.24, 2.45) is 4.99 Å². The van der Waals surface area contributed by atoms with Crippen LogP contribution in [0.3, 0.4) is 0 Å². The van der Waals surface area contributed by atoms with Gasteiger partial charge in [0.1, 0.15) is 0 Å². The molecule has 1 atom stereocenters. The topological polar surface area (TPSA) is 12.4 Å². The molecule has 0 bridgehead atoms. The first-order valence-corrected chi connectivity index (χ1v) is 14.1. The van der Waals surface area contributed by atoms with Crippen molar-refractivity contribution in [2.75, 3.05) is 0 Å². The Hall–Kier alpha value is -2.24. The van der Waals surface area contributed by atoms with Crippen molar-refractivity contribution in [2.45, 2.75) is 77.3 Å². The molecule has 3 aromatic rings. The molecule has 1 aliphatic rings. The van der Waals surface area contributed by atoms with Gasteiger partial charge >= 0.3 is 0 Å². The molecule has 1 saturated carbocycles. The monoisotopic (exact) mass is 455 g/mol. The molecule has 4 rings (SSSR count). The van der Waals surface area contributed by atoms with Crippen LogP contribution in [-0.4, -0.2) is 11.4 Å². The molecule has 33 heavy (non-hydrogen) atoms. The van der Waals surface area contributed by atoms with Gasteiger partial charge in [-0.1, -0.05) is 119 Å². The van der Waals surface area contributed by atoms with Crippen LogP contribution in [0.4, 0.5) is 5.69 Å². The van der Waals surface area contributed by atoms with Gasteiger partial charge in [0.25, 0.3) is 0 Å². The maximum atomic E-state index is 5.61. The van der Waals surface area contributed by atoms with Crippen LogP contribution < -0.4 is 10.6 Å². The minimum Gasteiger partial charge on any atom is -0.257 e. The zero-order valence-electron chi connectivity index (χ0n) is 20.7. The second-order valence-corrected chi connectivity index (χ2v) is 12.2. The highest BCUT2D eigenvalue weighted by molar-refractivity contribution is 7.74. The van der Waals surface area contributed by atoms with Crippen LogP contribution >= 0.6 is 7.92 Å². The summed E-state index contributed by atoms with van der Waals surface area (Å²) in [5.74, 6) is 0.939. The molecule has 1 unspecified atom stereocenters. The lowest BCUT2D eigenvalue weighted by Gasteiger charge is -2.29. The Morgan fingerprint density at radius 1 is 0.667 bits per heavy atom. The van der Waals surface area contributed by atoms with E-state index in [0.717, 1.165) is 6.42 Å². The lowest BCUT2D eigenvalue weighted by molar-refractivity contribution is 0.704. The van der Waals surface area contributed by atoms with Crippen LogP contribution in [0.25, 0.3) is 0 Å². The Balaban J connectivity index is 1.88. The SMILES string of the molecule is CC(C)c1cccc(C(C)C)c1N=C1CCCCCC1P(c1ccccc1)c1ccccc1. The lowest BCUT2D eigenvalue weighted by Crippen LogP contribution is -2.28. The first-order chi connectivity index (χ1) is 16.1. The van der Waals surface area contributed by atoms with E-state index >= 15 is 0 Å². The summed E-state index contributed by atoms with van der Waals surface area (Å²) in [6, 6.07) is 29.2. The normalized spacial score (nSPS) is 18.3. The van der Waals surface area contributed by atoms with Crippen molar-refractivity contribution in [3.8, 4) is 0 Å². The fraction of sp³-hybridized carbons (Fsp3) is 0.387. The van der Waals surface area contributed by atoms with E-state index in [4.69, 9.17) is 4.99 Å². The van der Waals surface area contributed by atoms with Crippen molar-refractivity contribution in [3.63, 3.8) is 0 Å². The average molecular weight is 456 g/mol. The Labute approximate surface area is 202 Å². The Morgan fingerprint density at radius 2 is 1.21 bits per heavy atom. The summed E-state index contributed by atoms with van der Waals surface area (Å²) < 4.78 is 0. The number of hydrogen-bond acceptors (Lipinski definition) is 1. The summed E-state index contributed by atoms with van der Waals surface area (Å²) in [6.07, 6.45) is 6.21. The van der Waals surface area contributed by atoms with E-state index in [2.05, 4.69) is 107 Å². The van der Waals surface area contributed by atoms with Gasteiger partial charge in [-0.25, -0.2) is 0 Å². The third-order valence-corrected chi connectivity index (χ3v) is 9.66. The molecule has 0 aliphatic heterocycles. The number of rotatable bonds is 6. The largest absolute Gasteiger partial charge is 0.257 e. The summed E-state index contributed by atoms with van der Waals surface area (Å²) in [5, 5.41) is 2.94. The molecule has 0 amide bonds. The van der Waals surface area contributed by atoms with Crippen LogP contribution in [0, 0.1) is 0 Å². The number of para-hydroxylation sites is 1. The molecule has 2 heteroatoms. The molecule has 1 aliphatic carbocycles. The van der Waals surface area contributed by atoms with Crippen LogP contribution in [0.2, 0.25) is 0 Å². The fourth-order valence-electron chi connectivity index (χ4n) is 5.03. The second-order valence-electron chi connectivity index (χ2n) is 9.85. The van der Waals surface area contributed by atoms with Crippen molar-refractivity contribution >= 4 is 29.9 Å². The molecule has 0 heterocycles. The molecule has 3 aromatic carbocycles. The smallest absolute Gasteiger partial charge is 0.0698 e. The highest BCUT2D eigenvalue weighted by atomic mass is 31.1. The summed E-state index contributed by atoms with van der Waals surface area (Å²) in [5.41, 5.74) is 5.95. The van der Waals surface area contributed by atoms with E-state index in [1.54, 1.807) is 0 Å². The maximum Gasteiger partial charge on any atom is 0.0698 e. The van der Waals surface area contributed by atoms with Gasteiger partial charge in [-0.2, -0.15) is 0 Å². The molecule has 1 fully saturated rings. The summed E-state index contributed by atoms with van der Waals surface area (Å²) >= 11 is 0. The maximum absolute atomic E-state index is 5.61. The molecule has 172 valence electrons. The summed E-state index contributed by atoms with van der Waals surface area (Å²) in [7, 11) is -0.502. The zero-order chi connectivity index (χ0) is 23.2. The number of nitrogens with zero attached hydrogens (tertiary/aromatic N) is 1. The van der Waals surface area contributed by atoms with E-state index in [1.807, 2.05) is 0 Å². The van der Waals surface area contributed by atoms with Crippen molar-refractivity contribution in [3.05, 3.63) is 90.0 Å². The van der Waals surface area contributed by atoms with Gasteiger partial charge in [-0.15, -0.1) is 0 Å². The molecular formula is C31H38NP. The minimum absolute atomic E-state index is 0.469. The lowest BCUT2D eigenvalue weighted by atomic mass is 9.92. The minimum atomic E-state index is -0.502. The highest BCUT2D eigenvalue weighted by Crippen LogP contribution is 2.46. The van der Waals surface area contributed by atoms with Crippen LogP contribution in [0.15, 0.2) is 83.9 Å². The molecule has 1 nitrogen and oxygen atoms in total. The number of hydrogen-bond donors (Lipinski definition) is 0. The van der Waals surface area contributed by atoms with E-state index in [9.17, 15) is 0 Å². The van der Waals surface area contributed by atoms with Gasteiger partial charge in [-0.3, -0.25) is 4.99 Å². The fourth-order valence-corrected chi connectivity index (χ4v) is 7.96. The average Bonchev–Trinajstić information content (AvgIpc) is 3.06. The van der Waals surface area contributed by atoms with E-state index in [1.165, 1.54) is 58.8 Å². The molecule has 0 spiro atoms. The van der Waals surface area contributed by atoms with Gasteiger partial charge < -0.3 is 0 Å². The van der Waals surface area contributed by atoms with Crippen molar-refractivity contribution < 1.29 is 0 Å². The third-order valence-electron chi connectivity index (χ3n) is 6.77. The second kappa shape index (κ2) is 11.3. The van der Waals surface area contributed by atoms with Gasteiger partial charge in [0.05, 0.1) is 5.69 Å². The van der Waals surface area contributed by atoms with E-state index < -0.39 is 7.92 Å². The highest BCUT2D eigenvalue weighted by Gasteiger charge is 2.30. The van der Waals surface area contributed by atoms with Gasteiger partial charge in [0, 0.05) is 11.4 Å². The third kappa shape index (κ3) is 5.64. The van der Waals surface area contributed by atoms with Crippen LogP contribution in [-0.2, 0) is 0 Å². The first kappa shape index (κ1) is 23.9. The zero-order valence-corrected chi connectivity index (χ0v) is 21.6. The van der Waals surface area contributed by atoms with E-state index in [-0.39, 0.29) is 0 Å². The molecular weight excluding hydrogens is 417 g/mol. The molecule has 0 N–H and O–H groups in total. The summed E-state index contributed by atoms with van der Waals surface area (Å²) in [6.45, 7) is 9.20. The molecule has 0 saturated heterocycles. The molecule has 0 radical (unpaired) electrons. The Morgan fingerprint density at radius 3 is 1.73 bits per heavy atom. The Bertz CT molecular complexity index is 987.